The van der Waals surface area contributed by atoms with E-state index in [-0.39, 0.29) is 18.0 Å². The number of piperazine rings is 1. The van der Waals surface area contributed by atoms with Gasteiger partial charge in [-0.05, 0) is 79.7 Å². The number of fused-ring (bicyclic) bond motifs is 9. The molecule has 5 aromatic carbocycles. The van der Waals surface area contributed by atoms with Gasteiger partial charge in [0.25, 0.3) is 0 Å². The van der Waals surface area contributed by atoms with Crippen molar-refractivity contribution >= 4 is 30.3 Å². The van der Waals surface area contributed by atoms with Gasteiger partial charge >= 0.3 is 19.2 Å². The maximum atomic E-state index is 13.5. The maximum absolute atomic E-state index is 13.5. The molecule has 2 fully saturated rings. The van der Waals surface area contributed by atoms with Crippen molar-refractivity contribution in [1.29, 1.82) is 0 Å². The van der Waals surface area contributed by atoms with Gasteiger partial charge < -0.3 is 33.3 Å². The second-order valence-electron chi connectivity index (χ2n) is 16.0. The smallest absolute Gasteiger partial charge is 0.456 e. The van der Waals surface area contributed by atoms with Crippen molar-refractivity contribution in [3.8, 4) is 22.6 Å². The lowest BCUT2D eigenvalue weighted by molar-refractivity contribution is 0.00578. The molecule has 1 amide bonds. The Labute approximate surface area is 320 Å². The SMILES string of the molecule is CC1(C)OB(c2ccc3c(c2)Oc2cc(N4CCN(C(=O)OCC5c6ccccc6-c6ccccc65)CC4)ccc2C32OC(=O)c3ccccc32)OC1(C)C. The van der Waals surface area contributed by atoms with E-state index in [0.29, 0.717) is 49.8 Å². The third-order valence-corrected chi connectivity index (χ3v) is 12.5. The molecular formula is C45H41BN2O7. The Bertz CT molecular complexity index is 2340. The Kier molecular flexibility index (Phi) is 7.54. The van der Waals surface area contributed by atoms with Gasteiger partial charge in [-0.1, -0.05) is 78.9 Å². The van der Waals surface area contributed by atoms with Gasteiger partial charge in [0.15, 0.2) is 5.60 Å². The molecule has 1 atom stereocenters. The molecule has 0 radical (unpaired) electrons. The predicted octanol–water partition coefficient (Wildman–Crippen LogP) is 7.62. The van der Waals surface area contributed by atoms with Crippen LogP contribution in [-0.4, -0.2) is 68.1 Å². The Morgan fingerprint density at radius 3 is 1.96 bits per heavy atom. The number of rotatable bonds is 4. The highest BCUT2D eigenvalue weighted by molar-refractivity contribution is 6.62. The van der Waals surface area contributed by atoms with Crippen LogP contribution in [0.1, 0.15) is 71.8 Å². The number of amides is 1. The molecule has 9 nitrogen and oxygen atoms in total. The minimum Gasteiger partial charge on any atom is -0.456 e. The minimum absolute atomic E-state index is 0.0145. The molecule has 0 N–H and O–H groups in total. The van der Waals surface area contributed by atoms with Crippen molar-refractivity contribution in [3.63, 3.8) is 0 Å². The molecule has 4 aliphatic heterocycles. The monoisotopic (exact) mass is 732 g/mol. The van der Waals surface area contributed by atoms with Gasteiger partial charge in [0.05, 0.1) is 16.8 Å². The van der Waals surface area contributed by atoms with Gasteiger partial charge in [-0.15, -0.1) is 0 Å². The first kappa shape index (κ1) is 34.0. The van der Waals surface area contributed by atoms with E-state index in [4.69, 9.17) is 23.5 Å². The summed E-state index contributed by atoms with van der Waals surface area (Å²) in [5.41, 5.74) is 7.16. The summed E-state index contributed by atoms with van der Waals surface area (Å²) in [5.74, 6) is 0.805. The van der Waals surface area contributed by atoms with E-state index in [1.807, 2.05) is 100 Å². The van der Waals surface area contributed by atoms with Crippen molar-refractivity contribution in [2.45, 2.75) is 50.4 Å². The predicted molar refractivity (Wildman–Crippen MR) is 209 cm³/mol. The highest BCUT2D eigenvalue weighted by Crippen LogP contribution is 2.56. The van der Waals surface area contributed by atoms with Crippen molar-refractivity contribution in [2.24, 2.45) is 0 Å². The quantitative estimate of drug-likeness (QED) is 0.138. The Hall–Kier alpha value is -5.58. The van der Waals surface area contributed by atoms with E-state index in [0.717, 1.165) is 27.8 Å². The number of carbonyl (C=O) groups is 2. The van der Waals surface area contributed by atoms with Crippen molar-refractivity contribution < 1.29 is 33.1 Å². The number of ether oxygens (including phenoxy) is 3. The molecule has 10 heteroatoms. The number of hydrogen-bond donors (Lipinski definition) is 0. The Morgan fingerprint density at radius 1 is 0.709 bits per heavy atom. The van der Waals surface area contributed by atoms with Crippen LogP contribution in [0.2, 0.25) is 0 Å². The van der Waals surface area contributed by atoms with Crippen LogP contribution in [-0.2, 0) is 24.4 Å². The lowest BCUT2D eigenvalue weighted by atomic mass is 9.74. The fourth-order valence-corrected chi connectivity index (χ4v) is 8.84. The number of carbonyl (C=O) groups excluding carboxylic acids is 2. The lowest BCUT2D eigenvalue weighted by Crippen LogP contribution is -2.49. The molecule has 276 valence electrons. The summed E-state index contributed by atoms with van der Waals surface area (Å²) >= 11 is 0. The lowest BCUT2D eigenvalue weighted by Gasteiger charge is -2.39. The van der Waals surface area contributed by atoms with Gasteiger partial charge in [0.2, 0.25) is 0 Å². The number of anilines is 1. The molecular weight excluding hydrogens is 691 g/mol. The first-order chi connectivity index (χ1) is 26.5. The van der Waals surface area contributed by atoms with E-state index >= 15 is 0 Å². The number of nitrogens with zero attached hydrogens (tertiary/aromatic N) is 2. The fourth-order valence-electron chi connectivity index (χ4n) is 8.84. The summed E-state index contributed by atoms with van der Waals surface area (Å²) in [6.45, 7) is 10.7. The molecule has 0 saturated carbocycles. The summed E-state index contributed by atoms with van der Waals surface area (Å²) in [4.78, 5) is 30.9. The van der Waals surface area contributed by atoms with E-state index in [2.05, 4.69) is 41.3 Å². The van der Waals surface area contributed by atoms with Crippen LogP contribution < -0.4 is 15.1 Å². The summed E-state index contributed by atoms with van der Waals surface area (Å²) in [7, 11) is -0.589. The third kappa shape index (κ3) is 5.15. The summed E-state index contributed by atoms with van der Waals surface area (Å²) in [6, 6.07) is 36.2. The second-order valence-corrected chi connectivity index (χ2v) is 16.0. The zero-order chi connectivity index (χ0) is 37.7. The number of benzene rings is 5. The largest absolute Gasteiger partial charge is 0.494 e. The van der Waals surface area contributed by atoms with Gasteiger partial charge in [-0.3, -0.25) is 0 Å². The molecule has 55 heavy (non-hydrogen) atoms. The zero-order valence-electron chi connectivity index (χ0n) is 31.3. The number of hydrogen-bond acceptors (Lipinski definition) is 8. The molecule has 10 rings (SSSR count). The highest BCUT2D eigenvalue weighted by Gasteiger charge is 2.55. The maximum Gasteiger partial charge on any atom is 0.494 e. The zero-order valence-corrected chi connectivity index (χ0v) is 31.3. The van der Waals surface area contributed by atoms with Gasteiger partial charge in [-0.25, -0.2) is 9.59 Å². The number of esters is 1. The highest BCUT2D eigenvalue weighted by atomic mass is 16.7. The molecule has 5 aliphatic rings. The van der Waals surface area contributed by atoms with Crippen molar-refractivity contribution in [3.05, 3.63) is 143 Å². The average Bonchev–Trinajstić information content (AvgIpc) is 3.76. The van der Waals surface area contributed by atoms with E-state index in [9.17, 15) is 9.59 Å². The minimum atomic E-state index is -1.19. The van der Waals surface area contributed by atoms with Crippen LogP contribution in [0.5, 0.6) is 11.5 Å². The molecule has 5 aromatic rings. The van der Waals surface area contributed by atoms with Crippen LogP contribution in [0, 0.1) is 0 Å². The normalized spacial score (nSPS) is 21.3. The van der Waals surface area contributed by atoms with E-state index in [1.165, 1.54) is 22.3 Å². The summed E-state index contributed by atoms with van der Waals surface area (Å²) in [5, 5.41) is 0. The van der Waals surface area contributed by atoms with Crippen LogP contribution in [0.4, 0.5) is 10.5 Å². The first-order valence-electron chi connectivity index (χ1n) is 19.0. The van der Waals surface area contributed by atoms with Crippen molar-refractivity contribution in [2.75, 3.05) is 37.7 Å². The van der Waals surface area contributed by atoms with Crippen molar-refractivity contribution in [1.82, 2.24) is 4.90 Å². The topological polar surface area (TPSA) is 86.8 Å². The van der Waals surface area contributed by atoms with Gasteiger partial charge in [0.1, 0.15) is 18.1 Å². The van der Waals surface area contributed by atoms with E-state index in [1.54, 1.807) is 4.90 Å². The average molecular weight is 733 g/mol. The molecule has 0 aromatic heterocycles. The molecule has 1 spiro atoms. The van der Waals surface area contributed by atoms with Gasteiger partial charge in [0, 0.05) is 60.5 Å². The standard InChI is InChI=1S/C45H41BN2O7/c1-43(2)44(3,4)55-46(54-43)28-17-19-37-39(25-28)52-40-26-29(18-20-38(40)45(37)36-16-10-9-15-34(36)41(49)53-45)47-21-23-48(24-22-47)42(50)51-27-35-32-13-7-5-11-30(32)31-12-6-8-14-33(31)35/h5-20,25-26,35H,21-24,27H2,1-4H3. The molecule has 0 bridgehead atoms. The molecule has 2 saturated heterocycles. The molecule has 1 unspecified atom stereocenters. The molecule has 1 aliphatic carbocycles. The summed E-state index contributed by atoms with van der Waals surface area (Å²) < 4.78 is 31.9. The van der Waals surface area contributed by atoms with Gasteiger partial charge in [-0.2, -0.15) is 0 Å². The summed E-state index contributed by atoms with van der Waals surface area (Å²) in [6.07, 6.45) is -0.298. The molecule has 4 heterocycles. The van der Waals surface area contributed by atoms with Crippen LogP contribution >= 0.6 is 0 Å². The third-order valence-electron chi connectivity index (χ3n) is 12.5. The second kappa shape index (κ2) is 12.2. The Balaban J connectivity index is 0.899. The van der Waals surface area contributed by atoms with Crippen LogP contribution in [0.25, 0.3) is 11.1 Å². The Morgan fingerprint density at radius 2 is 1.29 bits per heavy atom. The van der Waals surface area contributed by atoms with Crippen LogP contribution in [0.3, 0.4) is 0 Å². The van der Waals surface area contributed by atoms with E-state index < -0.39 is 23.9 Å². The van der Waals surface area contributed by atoms with Crippen LogP contribution in [0.15, 0.2) is 109 Å². The first-order valence-corrected chi connectivity index (χ1v) is 19.0. The fraction of sp³-hybridized carbons (Fsp3) is 0.289.